The number of morpholine rings is 1. The molecule has 1 fully saturated rings. The van der Waals surface area contributed by atoms with Crippen molar-refractivity contribution in [1.29, 1.82) is 0 Å². The number of carboxylic acid groups (broad SMARTS) is 1. The highest BCUT2D eigenvalue weighted by atomic mass is 16.5. The molecule has 6 nitrogen and oxygen atoms in total. The van der Waals surface area contributed by atoms with E-state index < -0.39 is 5.97 Å². The molecule has 1 saturated heterocycles. The van der Waals surface area contributed by atoms with Crippen molar-refractivity contribution in [2.45, 2.75) is 19.6 Å². The number of aromatic carboxylic acids is 1. The van der Waals surface area contributed by atoms with E-state index in [1.807, 2.05) is 0 Å². The van der Waals surface area contributed by atoms with Gasteiger partial charge in [0.2, 0.25) is 0 Å². The average molecular weight is 266 g/mol. The highest BCUT2D eigenvalue weighted by molar-refractivity contribution is 5.87. The Hall–Kier alpha value is -1.66. The average Bonchev–Trinajstić information content (AvgIpc) is 2.41. The summed E-state index contributed by atoms with van der Waals surface area (Å²) in [5.74, 6) is -1.09. The molecule has 1 aromatic rings. The Labute approximate surface area is 111 Å². The second-order valence-corrected chi connectivity index (χ2v) is 4.60. The zero-order valence-corrected chi connectivity index (χ0v) is 10.9. The number of hydrogen-bond donors (Lipinski definition) is 1. The van der Waals surface area contributed by atoms with Crippen LogP contribution < -0.4 is 5.56 Å². The monoisotopic (exact) mass is 266 g/mol. The summed E-state index contributed by atoms with van der Waals surface area (Å²) in [5, 5.41) is 8.81. The molecule has 2 heterocycles. The minimum absolute atomic E-state index is 0.0148. The van der Waals surface area contributed by atoms with Gasteiger partial charge in [-0.15, -0.1) is 0 Å². The Balaban J connectivity index is 2.07. The minimum Gasteiger partial charge on any atom is -0.478 e. The number of carboxylic acids is 1. The van der Waals surface area contributed by atoms with Crippen molar-refractivity contribution >= 4 is 5.97 Å². The number of aromatic nitrogens is 1. The summed E-state index contributed by atoms with van der Waals surface area (Å²) in [7, 11) is 0. The van der Waals surface area contributed by atoms with Crippen LogP contribution in [-0.2, 0) is 11.3 Å². The summed E-state index contributed by atoms with van der Waals surface area (Å²) in [4.78, 5) is 24.8. The molecular weight excluding hydrogens is 248 g/mol. The molecule has 0 aromatic carbocycles. The first-order chi connectivity index (χ1) is 9.10. The fourth-order valence-electron chi connectivity index (χ4n) is 2.19. The van der Waals surface area contributed by atoms with Crippen LogP contribution in [0.3, 0.4) is 0 Å². The predicted octanol–water partition coefficient (Wildman–Crippen LogP) is 0.267. The molecule has 1 aliphatic heterocycles. The fourth-order valence-corrected chi connectivity index (χ4v) is 2.19. The number of hydrogen-bond acceptors (Lipinski definition) is 4. The Morgan fingerprint density at radius 3 is 3.00 bits per heavy atom. The summed E-state index contributed by atoms with van der Waals surface area (Å²) in [5.41, 5.74) is -0.293. The topological polar surface area (TPSA) is 71.8 Å². The number of likely N-dealkylation sites (N-methyl/N-ethyl adjacent to an activating group) is 1. The zero-order chi connectivity index (χ0) is 13.8. The predicted molar refractivity (Wildman–Crippen MR) is 69.5 cm³/mol. The van der Waals surface area contributed by atoms with E-state index in [1.165, 1.54) is 16.8 Å². The van der Waals surface area contributed by atoms with Gasteiger partial charge in [-0.3, -0.25) is 9.69 Å². The largest absolute Gasteiger partial charge is 0.478 e. The van der Waals surface area contributed by atoms with Crippen LogP contribution in [0.2, 0.25) is 0 Å². The third kappa shape index (κ3) is 3.42. The van der Waals surface area contributed by atoms with Gasteiger partial charge in [-0.05, 0) is 12.6 Å². The third-order valence-electron chi connectivity index (χ3n) is 3.31. The van der Waals surface area contributed by atoms with Gasteiger partial charge in [-0.2, -0.15) is 0 Å². The SMILES string of the molecule is CCN1CCOC(Cn2ccc(C(=O)O)cc2=O)C1. The van der Waals surface area contributed by atoms with E-state index in [0.29, 0.717) is 13.2 Å². The Morgan fingerprint density at radius 1 is 1.58 bits per heavy atom. The van der Waals surface area contributed by atoms with Crippen molar-refractivity contribution in [2.24, 2.45) is 0 Å². The van der Waals surface area contributed by atoms with Gasteiger partial charge >= 0.3 is 5.97 Å². The van der Waals surface area contributed by atoms with Crippen LogP contribution in [0.4, 0.5) is 0 Å². The molecule has 104 valence electrons. The molecule has 1 N–H and O–H groups in total. The second kappa shape index (κ2) is 5.99. The van der Waals surface area contributed by atoms with Crippen LogP contribution >= 0.6 is 0 Å². The smallest absolute Gasteiger partial charge is 0.335 e. The fraction of sp³-hybridized carbons (Fsp3) is 0.538. The first kappa shape index (κ1) is 13.8. The summed E-state index contributed by atoms with van der Waals surface area (Å²) < 4.78 is 7.13. The normalized spacial score (nSPS) is 20.4. The summed E-state index contributed by atoms with van der Waals surface area (Å²) in [6, 6.07) is 2.58. The molecule has 0 saturated carbocycles. The zero-order valence-electron chi connectivity index (χ0n) is 10.9. The van der Waals surface area contributed by atoms with E-state index in [9.17, 15) is 9.59 Å². The van der Waals surface area contributed by atoms with Gasteiger partial charge in [-0.25, -0.2) is 4.79 Å². The standard InChI is InChI=1S/C13H18N2O4/c1-2-14-5-6-19-11(8-14)9-15-4-3-10(13(17)18)7-12(15)16/h3-4,7,11H,2,5-6,8-9H2,1H3,(H,17,18). The highest BCUT2D eigenvalue weighted by Gasteiger charge is 2.20. The molecule has 6 heteroatoms. The van der Waals surface area contributed by atoms with Crippen molar-refractivity contribution in [3.05, 3.63) is 34.2 Å². The molecule has 0 radical (unpaired) electrons. The molecule has 2 rings (SSSR count). The number of carbonyl (C=O) groups is 1. The van der Waals surface area contributed by atoms with Gasteiger partial charge in [0, 0.05) is 25.4 Å². The molecule has 0 bridgehead atoms. The lowest BCUT2D eigenvalue weighted by molar-refractivity contribution is -0.0347. The number of rotatable bonds is 4. The lowest BCUT2D eigenvalue weighted by Crippen LogP contribution is -2.45. The van der Waals surface area contributed by atoms with E-state index in [-0.39, 0.29) is 17.2 Å². The Kier molecular flexibility index (Phi) is 4.34. The molecule has 1 unspecified atom stereocenters. The summed E-state index contributed by atoms with van der Waals surface area (Å²) in [6.45, 7) is 5.89. The van der Waals surface area contributed by atoms with E-state index in [4.69, 9.17) is 9.84 Å². The van der Waals surface area contributed by atoms with Crippen molar-refractivity contribution in [3.63, 3.8) is 0 Å². The third-order valence-corrected chi connectivity index (χ3v) is 3.31. The van der Waals surface area contributed by atoms with Crippen molar-refractivity contribution < 1.29 is 14.6 Å². The first-order valence-corrected chi connectivity index (χ1v) is 6.38. The van der Waals surface area contributed by atoms with E-state index in [1.54, 1.807) is 0 Å². The minimum atomic E-state index is -1.09. The Morgan fingerprint density at radius 2 is 2.37 bits per heavy atom. The molecule has 1 aromatic heterocycles. The molecule has 19 heavy (non-hydrogen) atoms. The van der Waals surface area contributed by atoms with Crippen LogP contribution in [0.15, 0.2) is 23.1 Å². The number of nitrogens with zero attached hydrogens (tertiary/aromatic N) is 2. The Bertz CT molecular complexity index is 512. The number of ether oxygens (including phenoxy) is 1. The molecule has 0 aliphatic carbocycles. The lowest BCUT2D eigenvalue weighted by atomic mass is 10.2. The quantitative estimate of drug-likeness (QED) is 0.846. The molecule has 0 spiro atoms. The molecule has 0 amide bonds. The van der Waals surface area contributed by atoms with Gasteiger partial charge in [0.1, 0.15) is 0 Å². The summed E-state index contributed by atoms with van der Waals surface area (Å²) >= 11 is 0. The van der Waals surface area contributed by atoms with Gasteiger partial charge in [0.05, 0.1) is 24.8 Å². The van der Waals surface area contributed by atoms with Gasteiger partial charge < -0.3 is 14.4 Å². The molecule has 1 aliphatic rings. The van der Waals surface area contributed by atoms with Gasteiger partial charge in [0.15, 0.2) is 0 Å². The van der Waals surface area contributed by atoms with E-state index >= 15 is 0 Å². The second-order valence-electron chi connectivity index (χ2n) is 4.60. The highest BCUT2D eigenvalue weighted by Crippen LogP contribution is 2.06. The van der Waals surface area contributed by atoms with Crippen LogP contribution in [0.5, 0.6) is 0 Å². The maximum atomic E-state index is 11.8. The van der Waals surface area contributed by atoms with Gasteiger partial charge in [-0.1, -0.05) is 6.92 Å². The van der Waals surface area contributed by atoms with E-state index in [2.05, 4.69) is 11.8 Å². The lowest BCUT2D eigenvalue weighted by Gasteiger charge is -2.32. The molecule has 1 atom stereocenters. The van der Waals surface area contributed by atoms with Crippen molar-refractivity contribution in [1.82, 2.24) is 9.47 Å². The van der Waals surface area contributed by atoms with Crippen LogP contribution in [0, 0.1) is 0 Å². The number of pyridine rings is 1. The van der Waals surface area contributed by atoms with Gasteiger partial charge in [0.25, 0.3) is 5.56 Å². The van der Waals surface area contributed by atoms with Crippen molar-refractivity contribution in [3.8, 4) is 0 Å². The van der Waals surface area contributed by atoms with Crippen LogP contribution in [0.1, 0.15) is 17.3 Å². The maximum absolute atomic E-state index is 11.8. The van der Waals surface area contributed by atoms with E-state index in [0.717, 1.165) is 25.7 Å². The molecular formula is C13H18N2O4. The first-order valence-electron chi connectivity index (χ1n) is 6.38. The van der Waals surface area contributed by atoms with Crippen LogP contribution in [0.25, 0.3) is 0 Å². The van der Waals surface area contributed by atoms with Crippen molar-refractivity contribution in [2.75, 3.05) is 26.2 Å². The maximum Gasteiger partial charge on any atom is 0.335 e. The van der Waals surface area contributed by atoms with Crippen LogP contribution in [-0.4, -0.2) is 52.9 Å². The summed E-state index contributed by atoms with van der Waals surface area (Å²) in [6.07, 6.45) is 1.49.